The second-order valence-corrected chi connectivity index (χ2v) is 7.43. The molecule has 6 nitrogen and oxygen atoms in total. The lowest BCUT2D eigenvalue weighted by atomic mass is 10.0. The molecule has 0 radical (unpaired) electrons. The highest BCUT2D eigenvalue weighted by Gasteiger charge is 2.15. The summed E-state index contributed by atoms with van der Waals surface area (Å²) in [5.74, 6) is 0.334. The molecule has 2 N–H and O–H groups in total. The summed E-state index contributed by atoms with van der Waals surface area (Å²) < 4.78 is 0. The van der Waals surface area contributed by atoms with Crippen LogP contribution >= 0.6 is 0 Å². The molecule has 3 aromatic heterocycles. The van der Waals surface area contributed by atoms with Gasteiger partial charge in [-0.05, 0) is 41.5 Å². The number of aromatic nitrogens is 3. The second-order valence-electron chi connectivity index (χ2n) is 7.43. The van der Waals surface area contributed by atoms with E-state index in [1.54, 1.807) is 24.7 Å². The van der Waals surface area contributed by atoms with E-state index < -0.39 is 0 Å². The fraction of sp³-hybridized carbons (Fsp3) is 0.111. The van der Waals surface area contributed by atoms with Gasteiger partial charge in [0.2, 0.25) is 0 Å². The molecule has 0 spiro atoms. The molecule has 4 aromatic rings. The Bertz CT molecular complexity index is 1230. The van der Waals surface area contributed by atoms with Crippen molar-refractivity contribution in [3.63, 3.8) is 0 Å². The molecule has 1 aromatic carbocycles. The Hall–Kier alpha value is -4.32. The van der Waals surface area contributed by atoms with Gasteiger partial charge in [-0.2, -0.15) is 0 Å². The van der Waals surface area contributed by atoms with E-state index in [1.807, 2.05) is 66.7 Å². The summed E-state index contributed by atoms with van der Waals surface area (Å²) in [5.41, 5.74) is 5.11. The Morgan fingerprint density at radius 2 is 1.85 bits per heavy atom. The van der Waals surface area contributed by atoms with Crippen LogP contribution in [0.15, 0.2) is 91.9 Å². The Labute approximate surface area is 193 Å². The minimum Gasteiger partial charge on any atom is -0.369 e. The molecule has 33 heavy (non-hydrogen) atoms. The van der Waals surface area contributed by atoms with Crippen LogP contribution in [0.4, 0.5) is 5.82 Å². The third-order valence-electron chi connectivity index (χ3n) is 5.17. The van der Waals surface area contributed by atoms with Crippen molar-refractivity contribution in [1.29, 1.82) is 0 Å². The fourth-order valence-corrected chi connectivity index (χ4v) is 3.47. The fourth-order valence-electron chi connectivity index (χ4n) is 3.47. The van der Waals surface area contributed by atoms with E-state index in [0.29, 0.717) is 30.9 Å². The number of nitrogens with one attached hydrogen (secondary N) is 2. The third-order valence-corrected chi connectivity index (χ3v) is 5.17. The van der Waals surface area contributed by atoms with Crippen LogP contribution in [0.2, 0.25) is 0 Å². The first-order chi connectivity index (χ1) is 16.2. The molecule has 0 aliphatic heterocycles. The number of pyridine rings is 3. The number of nitrogens with zero attached hydrogens (tertiary/aromatic N) is 3. The zero-order valence-electron chi connectivity index (χ0n) is 18.2. The average Bonchev–Trinajstić information content (AvgIpc) is 2.88. The lowest BCUT2D eigenvalue weighted by molar-refractivity contribution is 0.0951. The molecule has 0 unspecified atom stereocenters. The summed E-state index contributed by atoms with van der Waals surface area (Å²) >= 11 is 0. The number of amides is 1. The van der Waals surface area contributed by atoms with Crippen LogP contribution in [0, 0.1) is 0 Å². The normalized spacial score (nSPS) is 10.4. The lowest BCUT2D eigenvalue weighted by Crippen LogP contribution is -2.25. The maximum atomic E-state index is 13.0. The van der Waals surface area contributed by atoms with Gasteiger partial charge < -0.3 is 10.6 Å². The topological polar surface area (TPSA) is 79.8 Å². The molecule has 0 atom stereocenters. The largest absolute Gasteiger partial charge is 0.369 e. The molecule has 6 heteroatoms. The zero-order valence-corrected chi connectivity index (χ0v) is 18.2. The summed E-state index contributed by atoms with van der Waals surface area (Å²) in [5, 5.41) is 6.30. The predicted molar refractivity (Wildman–Crippen MR) is 132 cm³/mol. The van der Waals surface area contributed by atoms with E-state index >= 15 is 0 Å². The number of rotatable bonds is 9. The minimum atomic E-state index is -0.199. The van der Waals surface area contributed by atoms with Gasteiger partial charge in [0.1, 0.15) is 5.82 Å². The van der Waals surface area contributed by atoms with E-state index in [4.69, 9.17) is 4.98 Å². The molecule has 0 bridgehead atoms. The van der Waals surface area contributed by atoms with Gasteiger partial charge in [-0.1, -0.05) is 49.1 Å². The maximum absolute atomic E-state index is 13.0. The van der Waals surface area contributed by atoms with E-state index in [2.05, 4.69) is 27.2 Å². The maximum Gasteiger partial charge on any atom is 0.255 e. The molecule has 1 amide bonds. The first kappa shape index (κ1) is 21.9. The molecule has 0 fully saturated rings. The van der Waals surface area contributed by atoms with Crippen LogP contribution in [0.5, 0.6) is 0 Å². The average molecular weight is 436 g/mol. The van der Waals surface area contributed by atoms with Gasteiger partial charge in [0.15, 0.2) is 0 Å². The van der Waals surface area contributed by atoms with Crippen molar-refractivity contribution in [3.8, 4) is 11.3 Å². The van der Waals surface area contributed by atoms with Crippen LogP contribution in [0.3, 0.4) is 0 Å². The summed E-state index contributed by atoms with van der Waals surface area (Å²) in [4.78, 5) is 26.3. The van der Waals surface area contributed by atoms with Crippen molar-refractivity contribution < 1.29 is 4.79 Å². The van der Waals surface area contributed by atoms with Crippen LogP contribution in [-0.4, -0.2) is 27.4 Å². The molecule has 0 aliphatic rings. The minimum absolute atomic E-state index is 0.199. The van der Waals surface area contributed by atoms with Crippen molar-refractivity contribution in [2.24, 2.45) is 0 Å². The Balaban J connectivity index is 1.58. The van der Waals surface area contributed by atoms with Crippen LogP contribution in [-0.2, 0) is 13.0 Å². The summed E-state index contributed by atoms with van der Waals surface area (Å²) in [7, 11) is 0. The second kappa shape index (κ2) is 10.8. The van der Waals surface area contributed by atoms with Gasteiger partial charge in [-0.15, -0.1) is 0 Å². The molecule has 164 valence electrons. The van der Waals surface area contributed by atoms with Gasteiger partial charge in [-0.25, -0.2) is 4.98 Å². The summed E-state index contributed by atoms with van der Waals surface area (Å²) in [6.07, 6.45) is 7.74. The Morgan fingerprint density at radius 3 is 2.64 bits per heavy atom. The molecule has 0 saturated heterocycles. The first-order valence-corrected chi connectivity index (χ1v) is 10.8. The molecular weight excluding hydrogens is 410 g/mol. The van der Waals surface area contributed by atoms with Crippen molar-refractivity contribution >= 4 is 17.8 Å². The standard InChI is InChI=1S/C27H25N5O/c1-2-21-9-3-4-11-23(21)25-13-12-24(27(33)31-19-20-8-7-15-28-18-20)26(32-25)30-17-14-22-10-5-6-16-29-22/h2-13,15-16,18H,1,14,17,19H2,(H,30,32)(H,31,33). The monoisotopic (exact) mass is 435 g/mol. The van der Waals surface area contributed by atoms with E-state index in [9.17, 15) is 4.79 Å². The van der Waals surface area contributed by atoms with Crippen molar-refractivity contribution in [1.82, 2.24) is 20.3 Å². The highest BCUT2D eigenvalue weighted by molar-refractivity contribution is 5.99. The van der Waals surface area contributed by atoms with Crippen LogP contribution in [0.1, 0.15) is 27.2 Å². The molecular formula is C27H25N5O. The molecule has 0 saturated carbocycles. The molecule has 3 heterocycles. The van der Waals surface area contributed by atoms with Gasteiger partial charge >= 0.3 is 0 Å². The number of anilines is 1. The quantitative estimate of drug-likeness (QED) is 0.396. The highest BCUT2D eigenvalue weighted by Crippen LogP contribution is 2.26. The number of carbonyl (C=O) groups excluding carboxylic acids is 1. The van der Waals surface area contributed by atoms with Crippen LogP contribution < -0.4 is 10.6 Å². The van der Waals surface area contributed by atoms with Crippen molar-refractivity contribution in [2.75, 3.05) is 11.9 Å². The van der Waals surface area contributed by atoms with Gasteiger partial charge in [0, 0.05) is 49.4 Å². The molecule has 0 aliphatic carbocycles. The van der Waals surface area contributed by atoms with Crippen molar-refractivity contribution in [3.05, 3.63) is 114 Å². The van der Waals surface area contributed by atoms with Gasteiger partial charge in [0.05, 0.1) is 11.3 Å². The lowest BCUT2D eigenvalue weighted by Gasteiger charge is -2.14. The van der Waals surface area contributed by atoms with E-state index in [-0.39, 0.29) is 5.91 Å². The number of hydrogen-bond acceptors (Lipinski definition) is 5. The first-order valence-electron chi connectivity index (χ1n) is 10.8. The summed E-state index contributed by atoms with van der Waals surface area (Å²) in [6.45, 7) is 4.89. The SMILES string of the molecule is C=Cc1ccccc1-c1ccc(C(=O)NCc2cccnc2)c(NCCc2ccccn2)n1. The number of benzene rings is 1. The highest BCUT2D eigenvalue weighted by atomic mass is 16.1. The predicted octanol–water partition coefficient (Wildman–Crippen LogP) is 4.77. The Kier molecular flexibility index (Phi) is 7.18. The van der Waals surface area contributed by atoms with Gasteiger partial charge in [0.25, 0.3) is 5.91 Å². The Morgan fingerprint density at radius 1 is 0.970 bits per heavy atom. The number of hydrogen-bond donors (Lipinski definition) is 2. The van der Waals surface area contributed by atoms with E-state index in [0.717, 1.165) is 28.1 Å². The van der Waals surface area contributed by atoms with Crippen LogP contribution in [0.25, 0.3) is 17.3 Å². The van der Waals surface area contributed by atoms with E-state index in [1.165, 1.54) is 0 Å². The third kappa shape index (κ3) is 5.68. The zero-order chi connectivity index (χ0) is 22.9. The molecule has 4 rings (SSSR count). The summed E-state index contributed by atoms with van der Waals surface area (Å²) in [6, 6.07) is 21.2. The van der Waals surface area contributed by atoms with Gasteiger partial charge in [-0.3, -0.25) is 14.8 Å². The van der Waals surface area contributed by atoms with Crippen molar-refractivity contribution in [2.45, 2.75) is 13.0 Å². The number of carbonyl (C=O) groups is 1. The smallest absolute Gasteiger partial charge is 0.255 e.